The molecule has 5 nitrogen and oxygen atoms in total. The van der Waals surface area contributed by atoms with Crippen LogP contribution in [0.1, 0.15) is 12.5 Å². The van der Waals surface area contributed by atoms with Crippen LogP contribution in [-0.4, -0.2) is 27.4 Å². The van der Waals surface area contributed by atoms with Gasteiger partial charge in [-0.3, -0.25) is 4.79 Å². The maximum atomic E-state index is 12.0. The van der Waals surface area contributed by atoms with E-state index in [9.17, 15) is 13.2 Å². The van der Waals surface area contributed by atoms with Gasteiger partial charge in [0.05, 0.1) is 0 Å². The van der Waals surface area contributed by atoms with Gasteiger partial charge in [-0.2, -0.15) is 0 Å². The fourth-order valence-electron chi connectivity index (χ4n) is 2.09. The lowest BCUT2D eigenvalue weighted by Gasteiger charge is -2.23. The van der Waals surface area contributed by atoms with E-state index < -0.39 is 10.0 Å². The molecule has 0 fully saturated rings. The zero-order valence-electron chi connectivity index (χ0n) is 12.4. The van der Waals surface area contributed by atoms with Crippen molar-refractivity contribution < 1.29 is 13.2 Å². The minimum Gasteiger partial charge on any atom is -0.311 e. The van der Waals surface area contributed by atoms with Crippen LogP contribution < -0.4 is 9.62 Å². The second-order valence-electron chi connectivity index (χ2n) is 4.79. The fourth-order valence-corrected chi connectivity index (χ4v) is 4.15. The number of para-hydroxylation sites is 1. The zero-order chi connectivity index (χ0) is 16.2. The van der Waals surface area contributed by atoms with Gasteiger partial charge < -0.3 is 4.90 Å². The van der Waals surface area contributed by atoms with Gasteiger partial charge in [0, 0.05) is 25.7 Å². The number of anilines is 1. The highest BCUT2D eigenvalue weighted by molar-refractivity contribution is 7.91. The quantitative estimate of drug-likeness (QED) is 0.879. The molecule has 0 radical (unpaired) electrons. The first-order chi connectivity index (χ1) is 10.4. The van der Waals surface area contributed by atoms with Gasteiger partial charge in [0.1, 0.15) is 4.21 Å². The summed E-state index contributed by atoms with van der Waals surface area (Å²) in [6.45, 7) is 3.83. The molecule has 118 valence electrons. The fraction of sp³-hybridized carbons (Fsp3) is 0.267. The number of benzene rings is 1. The van der Waals surface area contributed by atoms with E-state index in [2.05, 4.69) is 4.72 Å². The molecule has 1 N–H and O–H groups in total. The average Bonchev–Trinajstić information content (AvgIpc) is 2.99. The molecular formula is C15H18N2O3S2. The number of carbonyl (C=O) groups is 1. The third-order valence-electron chi connectivity index (χ3n) is 3.17. The number of nitrogens with zero attached hydrogens (tertiary/aromatic N) is 1. The number of thiophene rings is 1. The molecule has 1 aromatic carbocycles. The molecule has 0 unspecified atom stereocenters. The highest BCUT2D eigenvalue weighted by Gasteiger charge is 2.17. The van der Waals surface area contributed by atoms with Gasteiger partial charge >= 0.3 is 0 Å². The summed E-state index contributed by atoms with van der Waals surface area (Å²) >= 11 is 1.16. The number of hydrogen-bond donors (Lipinski definition) is 1. The van der Waals surface area contributed by atoms with Crippen molar-refractivity contribution in [1.82, 2.24) is 4.72 Å². The van der Waals surface area contributed by atoms with E-state index in [4.69, 9.17) is 0 Å². The molecule has 0 aliphatic rings. The Morgan fingerprint density at radius 2 is 1.95 bits per heavy atom. The van der Waals surface area contributed by atoms with E-state index in [-0.39, 0.29) is 23.2 Å². The lowest BCUT2D eigenvalue weighted by molar-refractivity contribution is -0.116. The highest BCUT2D eigenvalue weighted by Crippen LogP contribution is 2.19. The van der Waals surface area contributed by atoms with Crippen molar-refractivity contribution in [3.05, 3.63) is 47.3 Å². The van der Waals surface area contributed by atoms with Crippen molar-refractivity contribution >= 4 is 33.0 Å². The first-order valence-electron chi connectivity index (χ1n) is 6.79. The summed E-state index contributed by atoms with van der Waals surface area (Å²) in [5, 5.41) is 1.71. The molecule has 2 rings (SSSR count). The van der Waals surface area contributed by atoms with Crippen LogP contribution in [0.15, 0.2) is 46.0 Å². The van der Waals surface area contributed by atoms with Crippen molar-refractivity contribution in [2.24, 2.45) is 0 Å². The minimum atomic E-state index is -3.50. The molecule has 22 heavy (non-hydrogen) atoms. The highest BCUT2D eigenvalue weighted by atomic mass is 32.2. The van der Waals surface area contributed by atoms with Crippen molar-refractivity contribution in [3.63, 3.8) is 0 Å². The number of nitrogens with one attached hydrogen (secondary N) is 1. The predicted octanol–water partition coefficient (Wildman–Crippen LogP) is 2.39. The number of amides is 1. The molecule has 0 bridgehead atoms. The van der Waals surface area contributed by atoms with E-state index in [1.165, 1.54) is 6.92 Å². The third-order valence-corrected chi connectivity index (χ3v) is 6.03. The summed E-state index contributed by atoms with van der Waals surface area (Å²) in [4.78, 5) is 13.4. The van der Waals surface area contributed by atoms with E-state index in [0.29, 0.717) is 0 Å². The van der Waals surface area contributed by atoms with Crippen molar-refractivity contribution in [1.29, 1.82) is 0 Å². The van der Waals surface area contributed by atoms with E-state index in [0.717, 1.165) is 22.6 Å². The molecule has 0 atom stereocenters. The van der Waals surface area contributed by atoms with Crippen LogP contribution in [-0.2, 0) is 14.8 Å². The molecule has 1 amide bonds. The van der Waals surface area contributed by atoms with Crippen LogP contribution in [0.5, 0.6) is 0 Å². The van der Waals surface area contributed by atoms with Crippen LogP contribution in [0.2, 0.25) is 0 Å². The van der Waals surface area contributed by atoms with Gasteiger partial charge in [-0.25, -0.2) is 13.1 Å². The summed E-state index contributed by atoms with van der Waals surface area (Å²) in [7, 11) is -3.50. The number of sulfonamides is 1. The maximum Gasteiger partial charge on any atom is 0.250 e. The normalized spacial score (nSPS) is 11.4. The lowest BCUT2D eigenvalue weighted by Crippen LogP contribution is -2.37. The summed E-state index contributed by atoms with van der Waals surface area (Å²) in [5.41, 5.74) is 1.77. The molecule has 1 heterocycles. The van der Waals surface area contributed by atoms with Crippen molar-refractivity contribution in [3.8, 4) is 0 Å². The second-order valence-corrected chi connectivity index (χ2v) is 7.73. The van der Waals surface area contributed by atoms with E-state index in [1.807, 2.05) is 31.2 Å². The lowest BCUT2D eigenvalue weighted by atomic mass is 10.2. The van der Waals surface area contributed by atoms with Gasteiger partial charge in [0.2, 0.25) is 15.9 Å². The van der Waals surface area contributed by atoms with Crippen LogP contribution in [0.3, 0.4) is 0 Å². The predicted molar refractivity (Wildman–Crippen MR) is 88.7 cm³/mol. The van der Waals surface area contributed by atoms with Gasteiger partial charge in [-0.15, -0.1) is 11.3 Å². The number of rotatable bonds is 6. The topological polar surface area (TPSA) is 66.5 Å². The minimum absolute atomic E-state index is 0.121. The Balaban J connectivity index is 2.05. The largest absolute Gasteiger partial charge is 0.311 e. The molecule has 7 heteroatoms. The first kappa shape index (κ1) is 16.7. The Hall–Kier alpha value is -1.70. The number of aryl methyl sites for hydroxylation is 1. The summed E-state index contributed by atoms with van der Waals surface area (Å²) in [5.74, 6) is -0.121. The Kier molecular flexibility index (Phi) is 5.33. The second kappa shape index (κ2) is 7.04. The first-order valence-corrected chi connectivity index (χ1v) is 9.15. The molecule has 0 saturated heterocycles. The van der Waals surface area contributed by atoms with Crippen LogP contribution >= 0.6 is 11.3 Å². The SMILES string of the molecule is CC(=O)N(CCNS(=O)(=O)c1cccs1)c1ccccc1C. The van der Waals surface area contributed by atoms with Crippen molar-refractivity contribution in [2.75, 3.05) is 18.0 Å². The smallest absolute Gasteiger partial charge is 0.250 e. The maximum absolute atomic E-state index is 12.0. The molecule has 0 aliphatic carbocycles. The Morgan fingerprint density at radius 3 is 2.55 bits per heavy atom. The zero-order valence-corrected chi connectivity index (χ0v) is 14.1. The van der Waals surface area contributed by atoms with Crippen molar-refractivity contribution in [2.45, 2.75) is 18.1 Å². The molecule has 0 saturated carbocycles. The Labute approximate surface area is 134 Å². The monoisotopic (exact) mass is 338 g/mol. The van der Waals surface area contributed by atoms with Gasteiger partial charge in [0.15, 0.2) is 0 Å². The standard InChI is InChI=1S/C15H18N2O3S2/c1-12-6-3-4-7-14(12)17(13(2)18)10-9-16-22(19,20)15-8-5-11-21-15/h3-8,11,16H,9-10H2,1-2H3. The molecule has 0 aliphatic heterocycles. The van der Waals surface area contributed by atoms with E-state index >= 15 is 0 Å². The van der Waals surface area contributed by atoms with Crippen LogP contribution in [0.25, 0.3) is 0 Å². The van der Waals surface area contributed by atoms with E-state index in [1.54, 1.807) is 22.4 Å². The van der Waals surface area contributed by atoms with Gasteiger partial charge in [0.25, 0.3) is 0 Å². The summed E-state index contributed by atoms with van der Waals surface area (Å²) < 4.78 is 26.9. The number of hydrogen-bond acceptors (Lipinski definition) is 4. The summed E-state index contributed by atoms with van der Waals surface area (Å²) in [6.07, 6.45) is 0. The Bertz CT molecular complexity index is 740. The van der Waals surface area contributed by atoms with Gasteiger partial charge in [-0.05, 0) is 30.0 Å². The average molecular weight is 338 g/mol. The summed E-state index contributed by atoms with van der Waals surface area (Å²) in [6, 6.07) is 10.8. The molecule has 0 spiro atoms. The molecule has 1 aromatic heterocycles. The molecular weight excluding hydrogens is 320 g/mol. The number of carbonyl (C=O) groups excluding carboxylic acids is 1. The van der Waals surface area contributed by atoms with Gasteiger partial charge in [-0.1, -0.05) is 24.3 Å². The van der Waals surface area contributed by atoms with Crippen LogP contribution in [0, 0.1) is 6.92 Å². The third kappa shape index (κ3) is 3.94. The molecule has 2 aromatic rings. The van der Waals surface area contributed by atoms with Crippen LogP contribution in [0.4, 0.5) is 5.69 Å². The Morgan fingerprint density at radius 1 is 1.23 bits per heavy atom.